The maximum absolute atomic E-state index is 6.46. The number of nitrogens with zero attached hydrogens (tertiary/aromatic N) is 2. The van der Waals surface area contributed by atoms with Crippen LogP contribution in [-0.4, -0.2) is 62.1 Å². The molecular weight excluding hydrogens is 448 g/mol. The Labute approximate surface area is 199 Å². The molecule has 0 radical (unpaired) electrons. The fourth-order valence-corrected chi connectivity index (χ4v) is 5.16. The Balaban J connectivity index is 1.31. The summed E-state index contributed by atoms with van der Waals surface area (Å²) in [5.41, 5.74) is 1.72. The lowest BCUT2D eigenvalue weighted by molar-refractivity contribution is 0.0497. The van der Waals surface area contributed by atoms with Crippen molar-refractivity contribution in [3.05, 3.63) is 22.7 Å². The lowest BCUT2D eigenvalue weighted by atomic mass is 9.91. The molecule has 176 valence electrons. The molecule has 0 atom stereocenters. The molecule has 0 bridgehead atoms. The van der Waals surface area contributed by atoms with Gasteiger partial charge in [0.05, 0.1) is 23.9 Å². The number of hydrogen-bond donors (Lipinski definition) is 2. The van der Waals surface area contributed by atoms with Crippen LogP contribution in [0.25, 0.3) is 11.3 Å². The molecule has 0 amide bonds. The number of hydrogen-bond acceptors (Lipinski definition) is 8. The molecule has 1 aliphatic carbocycles. The van der Waals surface area contributed by atoms with Gasteiger partial charge in [0.1, 0.15) is 5.82 Å². The molecule has 9 heteroatoms. The Kier molecular flexibility index (Phi) is 8.99. The predicted octanol–water partition coefficient (Wildman–Crippen LogP) is 4.62. The van der Waals surface area contributed by atoms with Gasteiger partial charge in [-0.15, -0.1) is 0 Å². The van der Waals surface area contributed by atoms with Gasteiger partial charge in [-0.2, -0.15) is 0 Å². The fourth-order valence-electron chi connectivity index (χ4n) is 4.28. The first kappa shape index (κ1) is 23.7. The number of anilines is 1. The molecule has 4 rings (SSSR count). The first-order chi connectivity index (χ1) is 15.7. The molecule has 0 unspecified atom stereocenters. The molecule has 2 aromatic heterocycles. The third-order valence-corrected chi connectivity index (χ3v) is 7.27. The molecular formula is C23H33ClN4O3S. The summed E-state index contributed by atoms with van der Waals surface area (Å²) >= 11 is 7.97. The van der Waals surface area contributed by atoms with Gasteiger partial charge >= 0.3 is 0 Å². The summed E-state index contributed by atoms with van der Waals surface area (Å²) in [4.78, 5) is 9.17. The van der Waals surface area contributed by atoms with E-state index < -0.39 is 0 Å². The largest absolute Gasteiger partial charge is 0.470 e. The molecule has 1 saturated carbocycles. The van der Waals surface area contributed by atoms with Gasteiger partial charge in [-0.25, -0.2) is 9.97 Å². The van der Waals surface area contributed by atoms with Gasteiger partial charge in [-0.1, -0.05) is 22.9 Å². The van der Waals surface area contributed by atoms with Crippen molar-refractivity contribution in [1.29, 1.82) is 0 Å². The average Bonchev–Trinajstić information content (AvgIpc) is 3.30. The van der Waals surface area contributed by atoms with E-state index in [0.29, 0.717) is 34.8 Å². The van der Waals surface area contributed by atoms with E-state index in [-0.39, 0.29) is 0 Å². The van der Waals surface area contributed by atoms with Crippen LogP contribution in [0, 0.1) is 5.92 Å². The van der Waals surface area contributed by atoms with Crippen LogP contribution in [0.1, 0.15) is 38.5 Å². The zero-order chi connectivity index (χ0) is 22.2. The van der Waals surface area contributed by atoms with E-state index in [9.17, 15) is 0 Å². The summed E-state index contributed by atoms with van der Waals surface area (Å²) in [6.45, 7) is 4.01. The van der Waals surface area contributed by atoms with E-state index in [1.807, 2.05) is 11.4 Å². The minimum atomic E-state index is 0.422. The number of nitrogens with one attached hydrogen (secondary N) is 2. The van der Waals surface area contributed by atoms with Crippen molar-refractivity contribution in [2.75, 3.05) is 45.4 Å². The minimum Gasteiger partial charge on any atom is -0.470 e. The molecule has 2 aromatic rings. The normalized spacial score (nSPS) is 22.1. The van der Waals surface area contributed by atoms with Crippen LogP contribution in [0.2, 0.25) is 5.02 Å². The molecule has 3 heterocycles. The topological polar surface area (TPSA) is 77.5 Å². The molecule has 1 saturated heterocycles. The highest BCUT2D eigenvalue weighted by molar-refractivity contribution is 7.11. The SMILES string of the molecule is COCCNC1CCC(Nc2cc(-c3csc(OCC4CCOCC4)n3)c(Cl)cn2)CC1. The van der Waals surface area contributed by atoms with E-state index in [1.54, 1.807) is 13.3 Å². The summed E-state index contributed by atoms with van der Waals surface area (Å²) in [7, 11) is 1.74. The van der Waals surface area contributed by atoms with Crippen LogP contribution in [-0.2, 0) is 9.47 Å². The number of thiazole rings is 1. The van der Waals surface area contributed by atoms with Crippen LogP contribution in [0.3, 0.4) is 0 Å². The first-order valence-corrected chi connectivity index (χ1v) is 12.8. The number of methoxy groups -OCH3 is 1. The van der Waals surface area contributed by atoms with Crippen molar-refractivity contribution >= 4 is 28.8 Å². The van der Waals surface area contributed by atoms with E-state index in [2.05, 4.69) is 20.6 Å². The Bertz CT molecular complexity index is 838. The van der Waals surface area contributed by atoms with Crippen LogP contribution < -0.4 is 15.4 Å². The van der Waals surface area contributed by atoms with E-state index in [4.69, 9.17) is 25.8 Å². The number of pyridine rings is 1. The monoisotopic (exact) mass is 480 g/mol. The third-order valence-electron chi connectivity index (χ3n) is 6.22. The Hall–Kier alpha value is -1.45. The van der Waals surface area contributed by atoms with Crippen LogP contribution in [0.15, 0.2) is 17.6 Å². The summed E-state index contributed by atoms with van der Waals surface area (Å²) in [5.74, 6) is 1.39. The average molecular weight is 481 g/mol. The Morgan fingerprint density at radius 2 is 1.94 bits per heavy atom. The standard InChI is InChI=1S/C23H33ClN4O3S/c1-29-11-8-25-17-2-4-18(5-3-17)27-22-12-19(20(24)13-26-22)21-15-32-23(28-21)31-14-16-6-9-30-10-7-16/h12-13,15-18,25H,2-11,14H2,1H3,(H,26,27). The van der Waals surface area contributed by atoms with Gasteiger partial charge in [-0.3, -0.25) is 0 Å². The maximum atomic E-state index is 6.46. The lowest BCUT2D eigenvalue weighted by Gasteiger charge is -2.30. The second-order valence-electron chi connectivity index (χ2n) is 8.55. The van der Waals surface area contributed by atoms with Gasteiger partial charge in [0.2, 0.25) is 0 Å². The molecule has 2 fully saturated rings. The van der Waals surface area contributed by atoms with Crippen molar-refractivity contribution in [3.63, 3.8) is 0 Å². The number of rotatable bonds is 10. The predicted molar refractivity (Wildman–Crippen MR) is 129 cm³/mol. The number of ether oxygens (including phenoxy) is 3. The second-order valence-corrected chi connectivity index (χ2v) is 9.78. The van der Waals surface area contributed by atoms with Crippen molar-refractivity contribution in [1.82, 2.24) is 15.3 Å². The van der Waals surface area contributed by atoms with Crippen LogP contribution in [0.4, 0.5) is 5.82 Å². The molecule has 2 aliphatic rings. The second kappa shape index (κ2) is 12.1. The van der Waals surface area contributed by atoms with E-state index >= 15 is 0 Å². The minimum absolute atomic E-state index is 0.422. The fraction of sp³-hybridized carbons (Fsp3) is 0.652. The van der Waals surface area contributed by atoms with Crippen molar-refractivity contribution < 1.29 is 14.2 Å². The van der Waals surface area contributed by atoms with E-state index in [1.165, 1.54) is 11.3 Å². The van der Waals surface area contributed by atoms with Crippen LogP contribution in [0.5, 0.6) is 5.19 Å². The zero-order valence-corrected chi connectivity index (χ0v) is 20.2. The molecule has 0 aromatic carbocycles. The molecule has 32 heavy (non-hydrogen) atoms. The molecule has 0 spiro atoms. The molecule has 7 nitrogen and oxygen atoms in total. The van der Waals surface area contributed by atoms with Crippen molar-refractivity contribution in [3.8, 4) is 16.5 Å². The summed E-state index contributed by atoms with van der Waals surface area (Å²) in [5, 5.41) is 10.4. The Morgan fingerprint density at radius 3 is 2.72 bits per heavy atom. The molecule has 1 aliphatic heterocycles. The summed E-state index contributed by atoms with van der Waals surface area (Å²) in [6.07, 6.45) is 8.35. The Morgan fingerprint density at radius 1 is 1.16 bits per heavy atom. The quantitative estimate of drug-likeness (QED) is 0.480. The summed E-state index contributed by atoms with van der Waals surface area (Å²) < 4.78 is 16.5. The van der Waals surface area contributed by atoms with Gasteiger partial charge in [0, 0.05) is 56.1 Å². The number of halogens is 1. The maximum Gasteiger partial charge on any atom is 0.273 e. The zero-order valence-electron chi connectivity index (χ0n) is 18.6. The third kappa shape index (κ3) is 6.78. The van der Waals surface area contributed by atoms with Crippen molar-refractivity contribution in [2.45, 2.75) is 50.6 Å². The van der Waals surface area contributed by atoms with E-state index in [0.717, 1.165) is 82.0 Å². The van der Waals surface area contributed by atoms with Crippen LogP contribution >= 0.6 is 22.9 Å². The highest BCUT2D eigenvalue weighted by Crippen LogP contribution is 2.33. The lowest BCUT2D eigenvalue weighted by Crippen LogP contribution is -2.38. The van der Waals surface area contributed by atoms with Gasteiger partial charge in [0.25, 0.3) is 5.19 Å². The van der Waals surface area contributed by atoms with Gasteiger partial charge in [-0.05, 0) is 50.5 Å². The summed E-state index contributed by atoms with van der Waals surface area (Å²) in [6, 6.07) is 3.00. The van der Waals surface area contributed by atoms with Crippen molar-refractivity contribution in [2.24, 2.45) is 5.92 Å². The number of aromatic nitrogens is 2. The van der Waals surface area contributed by atoms with Gasteiger partial charge < -0.3 is 24.8 Å². The highest BCUT2D eigenvalue weighted by Gasteiger charge is 2.21. The van der Waals surface area contributed by atoms with Gasteiger partial charge in [0.15, 0.2) is 0 Å². The smallest absolute Gasteiger partial charge is 0.273 e. The first-order valence-electron chi connectivity index (χ1n) is 11.5. The molecule has 2 N–H and O–H groups in total. The highest BCUT2D eigenvalue weighted by atomic mass is 35.5.